The number of hydrogen-bond acceptors (Lipinski definition) is 4. The molecule has 0 amide bonds. The molecule has 1 aliphatic heterocycles. The second kappa shape index (κ2) is 5.38. The Labute approximate surface area is 142 Å². The Kier molecular flexibility index (Phi) is 4.08. The van der Waals surface area contributed by atoms with Crippen LogP contribution in [0, 0.1) is 0 Å². The van der Waals surface area contributed by atoms with Crippen molar-refractivity contribution < 1.29 is 52.7 Å². The van der Waals surface area contributed by atoms with Crippen LogP contribution >= 0.6 is 0 Å². The molecule has 3 rings (SSSR count). The smallest absolute Gasteiger partial charge is 0.478 e. The number of carboxylic acid groups (broad SMARTS) is 1. The first-order valence-corrected chi connectivity index (χ1v) is 7.17. The largest absolute Gasteiger partial charge is 1.00 e. The van der Waals surface area contributed by atoms with Crippen LogP contribution in [0.4, 0.5) is 0 Å². The zero-order valence-corrected chi connectivity index (χ0v) is 13.8. The van der Waals surface area contributed by atoms with E-state index in [1.807, 2.05) is 0 Å². The van der Waals surface area contributed by atoms with Gasteiger partial charge in [0, 0.05) is 11.1 Å². The average Bonchev–Trinajstić information content (AvgIpc) is 2.44. The molecule has 0 radical (unpaired) electrons. The number of carbonyl (C=O) groups is 2. The summed E-state index contributed by atoms with van der Waals surface area (Å²) in [6.45, 7) is 0. The Morgan fingerprint density at radius 1 is 0.952 bits per heavy atom. The van der Waals surface area contributed by atoms with E-state index < -0.39 is 21.6 Å². The number of benzene rings is 2. The maximum Gasteiger partial charge on any atom is 1.00 e. The second-order valence-corrected chi connectivity index (χ2v) is 6.23. The van der Waals surface area contributed by atoms with Gasteiger partial charge in [0.25, 0.3) is 0 Å². The monoisotopic (exact) mass is 311 g/mol. The summed E-state index contributed by atoms with van der Waals surface area (Å²) in [5.41, 5.74) is -0.141. The van der Waals surface area contributed by atoms with Gasteiger partial charge in [-0.2, -0.15) is 0 Å². The number of fused-ring (bicyclic) bond motifs is 2. The quantitative estimate of drug-likeness (QED) is 0.568. The van der Waals surface area contributed by atoms with E-state index in [1.165, 1.54) is 24.3 Å². The standard InChI is InChI=1S/C14H8O5S.Na/c15-13-9-3-1-2-4-11(9)20(18,19)12-6-5-8(14(16)17)7-10(12)13;/h1-7H,(H,16,17);/q;+1. The van der Waals surface area contributed by atoms with Gasteiger partial charge < -0.3 is 5.11 Å². The van der Waals surface area contributed by atoms with Gasteiger partial charge in [-0.15, -0.1) is 0 Å². The Balaban J connectivity index is 0.00000161. The van der Waals surface area contributed by atoms with Crippen LogP contribution in [-0.2, 0) is 9.84 Å². The fourth-order valence-corrected chi connectivity index (χ4v) is 3.86. The normalized spacial score (nSPS) is 14.6. The Hall–Kier alpha value is -1.47. The van der Waals surface area contributed by atoms with Crippen molar-refractivity contribution in [2.75, 3.05) is 0 Å². The van der Waals surface area contributed by atoms with Gasteiger partial charge in [0.1, 0.15) is 0 Å². The first-order valence-electron chi connectivity index (χ1n) is 5.69. The molecule has 0 fully saturated rings. The van der Waals surface area contributed by atoms with E-state index in [1.54, 1.807) is 12.1 Å². The van der Waals surface area contributed by atoms with E-state index in [0.717, 1.165) is 6.07 Å². The Morgan fingerprint density at radius 2 is 1.57 bits per heavy atom. The molecule has 0 saturated carbocycles. The maximum absolute atomic E-state index is 12.4. The van der Waals surface area contributed by atoms with E-state index in [-0.39, 0.29) is 56.0 Å². The molecule has 2 aromatic rings. The molecule has 7 heteroatoms. The number of sulfone groups is 1. The zero-order chi connectivity index (χ0) is 14.5. The molecule has 0 aromatic heterocycles. The van der Waals surface area contributed by atoms with Crippen LogP contribution in [0.1, 0.15) is 26.3 Å². The first kappa shape index (κ1) is 15.9. The predicted molar refractivity (Wildman–Crippen MR) is 68.7 cm³/mol. The number of hydrogen-bond donors (Lipinski definition) is 1. The fourth-order valence-electron chi connectivity index (χ4n) is 2.23. The van der Waals surface area contributed by atoms with Crippen molar-refractivity contribution in [1.82, 2.24) is 0 Å². The molecule has 100 valence electrons. The minimum Gasteiger partial charge on any atom is -0.478 e. The number of rotatable bonds is 1. The molecule has 1 heterocycles. The predicted octanol–water partition coefficient (Wildman–Crippen LogP) is -1.23. The Morgan fingerprint density at radius 3 is 2.24 bits per heavy atom. The van der Waals surface area contributed by atoms with E-state index >= 15 is 0 Å². The van der Waals surface area contributed by atoms with E-state index in [0.29, 0.717) is 0 Å². The summed E-state index contributed by atoms with van der Waals surface area (Å²) in [6.07, 6.45) is 0. The van der Waals surface area contributed by atoms with Gasteiger partial charge in [-0.1, -0.05) is 12.1 Å². The molecule has 0 atom stereocenters. The summed E-state index contributed by atoms with van der Waals surface area (Å²) < 4.78 is 24.8. The number of carbonyl (C=O) groups excluding carboxylic acids is 1. The van der Waals surface area contributed by atoms with Crippen LogP contribution in [0.5, 0.6) is 0 Å². The molecule has 1 aliphatic rings. The van der Waals surface area contributed by atoms with E-state index in [9.17, 15) is 18.0 Å². The summed E-state index contributed by atoms with van der Waals surface area (Å²) in [7, 11) is -3.79. The molecule has 0 saturated heterocycles. The van der Waals surface area contributed by atoms with Gasteiger partial charge in [-0.05, 0) is 30.3 Å². The van der Waals surface area contributed by atoms with Crippen molar-refractivity contribution in [1.29, 1.82) is 0 Å². The molecular formula is C14H8NaO5S+. The summed E-state index contributed by atoms with van der Waals surface area (Å²) in [4.78, 5) is 23.1. The number of carboxylic acids is 1. The molecule has 0 bridgehead atoms. The van der Waals surface area contributed by atoms with Crippen LogP contribution in [0.2, 0.25) is 0 Å². The van der Waals surface area contributed by atoms with Crippen molar-refractivity contribution in [2.24, 2.45) is 0 Å². The molecular weight excluding hydrogens is 303 g/mol. The molecule has 1 N–H and O–H groups in total. The topological polar surface area (TPSA) is 88.5 Å². The van der Waals surface area contributed by atoms with E-state index in [4.69, 9.17) is 5.11 Å². The van der Waals surface area contributed by atoms with Gasteiger partial charge in [-0.3, -0.25) is 4.79 Å². The van der Waals surface area contributed by atoms with Crippen LogP contribution in [0.25, 0.3) is 0 Å². The molecule has 0 unspecified atom stereocenters. The first-order chi connectivity index (χ1) is 9.43. The second-order valence-electron chi connectivity index (χ2n) is 4.34. The SMILES string of the molecule is O=C(O)c1ccc2c(c1)C(=O)c1ccccc1S2(=O)=O.[Na+]. The Bertz CT molecular complexity index is 871. The minimum atomic E-state index is -3.79. The van der Waals surface area contributed by atoms with Crippen LogP contribution in [-0.4, -0.2) is 25.3 Å². The zero-order valence-electron chi connectivity index (χ0n) is 11.0. The third-order valence-electron chi connectivity index (χ3n) is 3.18. The van der Waals surface area contributed by atoms with Crippen LogP contribution in [0.3, 0.4) is 0 Å². The summed E-state index contributed by atoms with van der Waals surface area (Å²) in [6, 6.07) is 9.36. The van der Waals surface area contributed by atoms with Crippen molar-refractivity contribution in [3.8, 4) is 0 Å². The molecule has 21 heavy (non-hydrogen) atoms. The van der Waals surface area contributed by atoms with Gasteiger partial charge in [0.15, 0.2) is 5.78 Å². The average molecular weight is 311 g/mol. The van der Waals surface area contributed by atoms with Crippen LogP contribution in [0.15, 0.2) is 52.3 Å². The molecule has 0 aliphatic carbocycles. The molecule has 5 nitrogen and oxygen atoms in total. The van der Waals surface area contributed by atoms with Crippen molar-refractivity contribution >= 4 is 21.6 Å². The van der Waals surface area contributed by atoms with Crippen molar-refractivity contribution in [3.05, 3.63) is 59.2 Å². The third-order valence-corrected chi connectivity index (χ3v) is 5.05. The van der Waals surface area contributed by atoms with Crippen molar-refractivity contribution in [3.63, 3.8) is 0 Å². The number of ketones is 1. The van der Waals surface area contributed by atoms with Gasteiger partial charge >= 0.3 is 35.5 Å². The minimum absolute atomic E-state index is 0. The van der Waals surface area contributed by atoms with Gasteiger partial charge in [-0.25, -0.2) is 13.2 Å². The summed E-state index contributed by atoms with van der Waals surface area (Å²) >= 11 is 0. The third kappa shape index (κ3) is 2.34. The number of aromatic carboxylic acids is 1. The molecule has 2 aromatic carbocycles. The fraction of sp³-hybridized carbons (Fsp3) is 0. The van der Waals surface area contributed by atoms with E-state index in [2.05, 4.69) is 0 Å². The maximum atomic E-state index is 12.4. The summed E-state index contributed by atoms with van der Waals surface area (Å²) in [5.74, 6) is -1.69. The molecule has 0 spiro atoms. The van der Waals surface area contributed by atoms with Gasteiger partial charge in [0.2, 0.25) is 9.84 Å². The van der Waals surface area contributed by atoms with Gasteiger partial charge in [0.05, 0.1) is 15.4 Å². The van der Waals surface area contributed by atoms with Crippen LogP contribution < -0.4 is 29.6 Å². The summed E-state index contributed by atoms with van der Waals surface area (Å²) in [5, 5.41) is 8.94. The van der Waals surface area contributed by atoms with Crippen molar-refractivity contribution in [2.45, 2.75) is 9.79 Å².